The number of fused-ring (bicyclic) bond motifs is 8. The van der Waals surface area contributed by atoms with Crippen molar-refractivity contribution in [3.8, 4) is 45.6 Å². The van der Waals surface area contributed by atoms with Crippen molar-refractivity contribution < 1.29 is 28.4 Å². The highest BCUT2D eigenvalue weighted by molar-refractivity contribution is 6.21. The van der Waals surface area contributed by atoms with Crippen LogP contribution in [0.15, 0.2) is 66.7 Å². The molecular weight excluding hydrogens is 504 g/mol. The van der Waals surface area contributed by atoms with Gasteiger partial charge in [0, 0.05) is 29.0 Å². The Balaban J connectivity index is 1.77. The summed E-state index contributed by atoms with van der Waals surface area (Å²) in [4.78, 5) is 0. The van der Waals surface area contributed by atoms with Gasteiger partial charge in [0.1, 0.15) is 34.5 Å². The first kappa shape index (κ1) is 25.7. The summed E-state index contributed by atoms with van der Waals surface area (Å²) < 4.78 is 34.5. The third-order valence-electron chi connectivity index (χ3n) is 7.99. The second-order valence-corrected chi connectivity index (χ2v) is 9.85. The molecule has 0 spiro atoms. The molecule has 0 aromatic heterocycles. The van der Waals surface area contributed by atoms with E-state index >= 15 is 0 Å². The topological polar surface area (TPSA) is 55.4 Å². The molecule has 40 heavy (non-hydrogen) atoms. The molecule has 0 aliphatic heterocycles. The molecule has 1 aliphatic carbocycles. The minimum absolute atomic E-state index is 0.0215. The van der Waals surface area contributed by atoms with E-state index in [0.717, 1.165) is 79.2 Å². The average Bonchev–Trinajstić information content (AvgIpc) is 3.34. The zero-order chi connectivity index (χ0) is 28.0. The van der Waals surface area contributed by atoms with Crippen LogP contribution in [0.3, 0.4) is 0 Å². The van der Waals surface area contributed by atoms with Crippen LogP contribution in [0.1, 0.15) is 22.6 Å². The molecule has 1 aliphatic rings. The molecule has 5 aromatic carbocycles. The molecule has 1 unspecified atom stereocenters. The van der Waals surface area contributed by atoms with Crippen molar-refractivity contribution in [3.05, 3.63) is 83.4 Å². The van der Waals surface area contributed by atoms with Crippen molar-refractivity contribution in [2.75, 3.05) is 42.7 Å². The Kier molecular flexibility index (Phi) is 6.54. The van der Waals surface area contributed by atoms with E-state index in [1.807, 2.05) is 30.3 Å². The van der Waals surface area contributed by atoms with Crippen molar-refractivity contribution in [3.63, 3.8) is 0 Å². The van der Waals surface area contributed by atoms with E-state index in [0.29, 0.717) is 0 Å². The van der Waals surface area contributed by atoms with Crippen LogP contribution < -0.4 is 28.4 Å². The van der Waals surface area contributed by atoms with Gasteiger partial charge in [0.2, 0.25) is 0 Å². The van der Waals surface area contributed by atoms with E-state index in [2.05, 4.69) is 36.4 Å². The fourth-order valence-corrected chi connectivity index (χ4v) is 6.14. The lowest BCUT2D eigenvalue weighted by molar-refractivity contribution is 0.394. The largest absolute Gasteiger partial charge is 0.497 e. The molecule has 6 rings (SSSR count). The lowest BCUT2D eigenvalue weighted by Gasteiger charge is -2.20. The molecule has 0 radical (unpaired) electrons. The van der Waals surface area contributed by atoms with Gasteiger partial charge in [-0.3, -0.25) is 0 Å². The van der Waals surface area contributed by atoms with E-state index in [-0.39, 0.29) is 5.92 Å². The highest BCUT2D eigenvalue weighted by Crippen LogP contribution is 2.58. The van der Waals surface area contributed by atoms with Gasteiger partial charge in [0.25, 0.3) is 0 Å². The number of benzene rings is 5. The molecule has 0 bridgehead atoms. The zero-order valence-electron chi connectivity index (χ0n) is 23.6. The summed E-state index contributed by atoms with van der Waals surface area (Å²) in [5.41, 5.74) is 5.80. The molecule has 0 saturated carbocycles. The second-order valence-electron chi connectivity index (χ2n) is 9.85. The first-order valence-corrected chi connectivity index (χ1v) is 13.1. The van der Waals surface area contributed by atoms with Gasteiger partial charge < -0.3 is 28.4 Å². The van der Waals surface area contributed by atoms with E-state index in [1.165, 1.54) is 11.1 Å². The highest BCUT2D eigenvalue weighted by Gasteiger charge is 2.36. The van der Waals surface area contributed by atoms with Crippen LogP contribution in [-0.4, -0.2) is 42.7 Å². The third-order valence-corrected chi connectivity index (χ3v) is 7.99. The van der Waals surface area contributed by atoms with Gasteiger partial charge in [-0.05, 0) is 81.2 Å². The van der Waals surface area contributed by atoms with Crippen LogP contribution in [0.25, 0.3) is 32.7 Å². The fourth-order valence-electron chi connectivity index (χ4n) is 6.14. The summed E-state index contributed by atoms with van der Waals surface area (Å²) >= 11 is 0. The normalized spacial score (nSPS) is 13.6. The lowest BCUT2D eigenvalue weighted by Crippen LogP contribution is -2.04. The smallest absolute Gasteiger partial charge is 0.131 e. The molecule has 0 amide bonds. The number of methoxy groups -OCH3 is 6. The van der Waals surface area contributed by atoms with Crippen molar-refractivity contribution >= 4 is 21.5 Å². The summed E-state index contributed by atoms with van der Waals surface area (Å²) in [6.45, 7) is 0. The van der Waals surface area contributed by atoms with Crippen LogP contribution in [-0.2, 0) is 6.42 Å². The van der Waals surface area contributed by atoms with E-state index < -0.39 is 0 Å². The Morgan fingerprint density at radius 2 is 1.10 bits per heavy atom. The van der Waals surface area contributed by atoms with Crippen LogP contribution in [0.4, 0.5) is 0 Å². The molecule has 0 N–H and O–H groups in total. The zero-order valence-corrected chi connectivity index (χ0v) is 23.6. The van der Waals surface area contributed by atoms with Gasteiger partial charge in [-0.1, -0.05) is 18.2 Å². The van der Waals surface area contributed by atoms with Crippen molar-refractivity contribution in [2.45, 2.75) is 12.3 Å². The summed E-state index contributed by atoms with van der Waals surface area (Å²) in [5.74, 6) is 4.65. The molecular formula is C34H32O6. The van der Waals surface area contributed by atoms with Gasteiger partial charge >= 0.3 is 0 Å². The molecule has 1 atom stereocenters. The number of ether oxygens (including phenoxy) is 6. The number of hydrogen-bond donors (Lipinski definition) is 0. The highest BCUT2D eigenvalue weighted by atomic mass is 16.5. The Hall–Kier alpha value is -4.58. The predicted octanol–water partition coefficient (Wildman–Crippen LogP) is 7.40. The van der Waals surface area contributed by atoms with Crippen LogP contribution in [0, 0.1) is 0 Å². The average molecular weight is 537 g/mol. The standard InChI is InChI=1S/C34H32O6/c1-35-20-9-7-19(8-10-20)13-25-27-15-22(37-3)18-30(40-6)33(27)34-24-12-11-21(36-2)14-26(24)31-28(32(25)34)16-23(38-4)17-29(31)39-5/h7-12,14-18,25H,13H2,1-6H3. The molecule has 204 valence electrons. The van der Waals surface area contributed by atoms with Gasteiger partial charge in [-0.2, -0.15) is 0 Å². The molecule has 5 aromatic rings. The number of hydrogen-bond acceptors (Lipinski definition) is 6. The third kappa shape index (κ3) is 3.94. The van der Waals surface area contributed by atoms with Gasteiger partial charge in [0.05, 0.1) is 42.7 Å². The first-order valence-electron chi connectivity index (χ1n) is 13.1. The monoisotopic (exact) mass is 536 g/mol. The van der Waals surface area contributed by atoms with E-state index in [4.69, 9.17) is 28.4 Å². The maximum atomic E-state index is 6.01. The summed E-state index contributed by atoms with van der Waals surface area (Å²) in [7, 11) is 10.2. The van der Waals surface area contributed by atoms with E-state index in [1.54, 1.807) is 42.7 Å². The lowest BCUT2D eigenvalue weighted by atomic mass is 9.85. The van der Waals surface area contributed by atoms with Gasteiger partial charge in [-0.25, -0.2) is 0 Å². The van der Waals surface area contributed by atoms with Crippen LogP contribution >= 0.6 is 0 Å². The second kappa shape index (κ2) is 10.2. The Bertz CT molecular complexity index is 1740. The molecule has 0 heterocycles. The minimum Gasteiger partial charge on any atom is -0.497 e. The Morgan fingerprint density at radius 1 is 0.500 bits per heavy atom. The van der Waals surface area contributed by atoms with E-state index in [9.17, 15) is 0 Å². The summed E-state index contributed by atoms with van der Waals surface area (Å²) in [5, 5.41) is 4.24. The Morgan fingerprint density at radius 3 is 1.75 bits per heavy atom. The maximum Gasteiger partial charge on any atom is 0.131 e. The molecule has 6 nitrogen and oxygen atoms in total. The van der Waals surface area contributed by atoms with Crippen molar-refractivity contribution in [1.82, 2.24) is 0 Å². The maximum absolute atomic E-state index is 6.01. The molecule has 0 fully saturated rings. The van der Waals surface area contributed by atoms with Crippen molar-refractivity contribution in [2.24, 2.45) is 0 Å². The van der Waals surface area contributed by atoms with Crippen molar-refractivity contribution in [1.29, 1.82) is 0 Å². The van der Waals surface area contributed by atoms with Gasteiger partial charge in [0.15, 0.2) is 0 Å². The minimum atomic E-state index is 0.0215. The predicted molar refractivity (Wildman–Crippen MR) is 158 cm³/mol. The first-order chi connectivity index (χ1) is 19.5. The molecule has 0 saturated heterocycles. The van der Waals surface area contributed by atoms with Crippen LogP contribution in [0.5, 0.6) is 34.5 Å². The summed E-state index contributed by atoms with van der Waals surface area (Å²) in [6, 6.07) is 22.7. The molecule has 6 heteroatoms. The van der Waals surface area contributed by atoms with Gasteiger partial charge in [-0.15, -0.1) is 0 Å². The quantitative estimate of drug-likeness (QED) is 0.193. The number of rotatable bonds is 8. The SMILES string of the molecule is COc1ccc(CC2c3cc(OC)cc(OC)c3-c3c2c2cc(OC)cc(OC)c2c2cc(OC)ccc32)cc1. The van der Waals surface area contributed by atoms with Crippen LogP contribution in [0.2, 0.25) is 0 Å². The summed E-state index contributed by atoms with van der Waals surface area (Å²) in [6.07, 6.45) is 0.774. The Labute approximate surface area is 234 Å². The fraction of sp³-hybridized carbons (Fsp3) is 0.235.